The molecule has 0 spiro atoms. The van der Waals surface area contributed by atoms with Gasteiger partial charge in [0.25, 0.3) is 0 Å². The van der Waals surface area contributed by atoms with Crippen LogP contribution in [-0.2, 0) is 0 Å². The summed E-state index contributed by atoms with van der Waals surface area (Å²) >= 11 is 0. The zero-order valence-electron chi connectivity index (χ0n) is 11.9. The smallest absolute Gasteiger partial charge is 0.191 e. The van der Waals surface area contributed by atoms with E-state index >= 15 is 0 Å². The van der Waals surface area contributed by atoms with E-state index in [1.807, 2.05) is 19.1 Å². The van der Waals surface area contributed by atoms with Crippen molar-refractivity contribution in [3.8, 4) is 0 Å². The minimum Gasteiger partial charge on any atom is -0.387 e. The zero-order valence-corrected chi connectivity index (χ0v) is 11.9. The minimum atomic E-state index is -0.564. The highest BCUT2D eigenvalue weighted by Gasteiger charge is 2.07. The van der Waals surface area contributed by atoms with E-state index in [0.717, 1.165) is 24.6 Å². The van der Waals surface area contributed by atoms with Crippen molar-refractivity contribution in [2.24, 2.45) is 10.9 Å². The molecule has 0 saturated carbocycles. The number of hydrogen-bond acceptors (Lipinski definition) is 3. The Kier molecular flexibility index (Phi) is 6.89. The van der Waals surface area contributed by atoms with Crippen LogP contribution in [0.2, 0.25) is 0 Å². The van der Waals surface area contributed by atoms with Gasteiger partial charge in [-0.15, -0.1) is 0 Å². The number of aliphatic hydroxyl groups excluding tert-OH is 1. The predicted molar refractivity (Wildman–Crippen MR) is 78.0 cm³/mol. The van der Waals surface area contributed by atoms with Gasteiger partial charge < -0.3 is 15.7 Å². The van der Waals surface area contributed by atoms with Crippen LogP contribution < -0.4 is 10.6 Å². The average Bonchev–Trinajstić information content (AvgIpc) is 2.42. The van der Waals surface area contributed by atoms with E-state index in [-0.39, 0.29) is 0 Å². The molecule has 0 aliphatic carbocycles. The Hall–Kier alpha value is -1.62. The maximum Gasteiger partial charge on any atom is 0.191 e. The fourth-order valence-electron chi connectivity index (χ4n) is 1.51. The molecule has 1 rings (SSSR count). The van der Waals surface area contributed by atoms with Crippen molar-refractivity contribution in [2.75, 3.05) is 19.6 Å². The summed E-state index contributed by atoms with van der Waals surface area (Å²) in [5.41, 5.74) is 0.849. The molecule has 0 fully saturated rings. The number of nitrogens with one attached hydrogen (secondary N) is 2. The van der Waals surface area contributed by atoms with Crippen molar-refractivity contribution in [2.45, 2.75) is 26.9 Å². The molecule has 0 aliphatic heterocycles. The van der Waals surface area contributed by atoms with E-state index in [1.165, 1.54) is 0 Å². The Labute approximate surface area is 115 Å². The van der Waals surface area contributed by atoms with Gasteiger partial charge in [0.1, 0.15) is 0 Å². The number of rotatable bonds is 6. The number of aliphatic hydroxyl groups is 1. The summed E-state index contributed by atoms with van der Waals surface area (Å²) < 4.78 is 0. The van der Waals surface area contributed by atoms with Crippen LogP contribution in [-0.4, -0.2) is 35.7 Å². The molecule has 1 aromatic rings. The van der Waals surface area contributed by atoms with Crippen LogP contribution in [0.1, 0.15) is 32.4 Å². The van der Waals surface area contributed by atoms with Crippen LogP contribution in [0.25, 0.3) is 0 Å². The van der Waals surface area contributed by atoms with Crippen molar-refractivity contribution in [3.63, 3.8) is 0 Å². The second-order valence-electron chi connectivity index (χ2n) is 4.79. The highest BCUT2D eigenvalue weighted by molar-refractivity contribution is 5.79. The molecule has 106 valence electrons. The van der Waals surface area contributed by atoms with Crippen LogP contribution in [0, 0.1) is 5.92 Å². The lowest BCUT2D eigenvalue weighted by Crippen LogP contribution is -2.39. The number of pyridine rings is 1. The zero-order chi connectivity index (χ0) is 14.1. The SMILES string of the molecule is CCNC(=NCC(C)C)NCC(O)c1ccncc1. The third-order valence-electron chi connectivity index (χ3n) is 2.51. The summed E-state index contributed by atoms with van der Waals surface area (Å²) in [5, 5.41) is 16.3. The maximum atomic E-state index is 10.0. The largest absolute Gasteiger partial charge is 0.387 e. The minimum absolute atomic E-state index is 0.425. The quantitative estimate of drug-likeness (QED) is 0.535. The summed E-state index contributed by atoms with van der Waals surface area (Å²) in [7, 11) is 0. The van der Waals surface area contributed by atoms with E-state index in [2.05, 4.69) is 34.5 Å². The molecule has 5 heteroatoms. The van der Waals surface area contributed by atoms with Crippen LogP contribution in [0.4, 0.5) is 0 Å². The van der Waals surface area contributed by atoms with Crippen molar-refractivity contribution in [1.29, 1.82) is 0 Å². The Balaban J connectivity index is 2.49. The molecule has 0 saturated heterocycles. The molecular weight excluding hydrogens is 240 g/mol. The first-order valence-corrected chi connectivity index (χ1v) is 6.73. The molecule has 0 bridgehead atoms. The maximum absolute atomic E-state index is 10.0. The number of aromatic nitrogens is 1. The van der Waals surface area contributed by atoms with E-state index < -0.39 is 6.10 Å². The van der Waals surface area contributed by atoms with E-state index in [1.54, 1.807) is 12.4 Å². The molecule has 0 radical (unpaired) electrons. The lowest BCUT2D eigenvalue weighted by Gasteiger charge is -2.15. The first-order valence-electron chi connectivity index (χ1n) is 6.73. The molecular formula is C14H24N4O. The summed E-state index contributed by atoms with van der Waals surface area (Å²) in [6.45, 7) is 8.26. The van der Waals surface area contributed by atoms with Crippen molar-refractivity contribution < 1.29 is 5.11 Å². The highest BCUT2D eigenvalue weighted by atomic mass is 16.3. The molecule has 19 heavy (non-hydrogen) atoms. The monoisotopic (exact) mass is 264 g/mol. The normalized spacial score (nSPS) is 13.4. The van der Waals surface area contributed by atoms with Crippen LogP contribution in [0.15, 0.2) is 29.5 Å². The third kappa shape index (κ3) is 6.20. The van der Waals surface area contributed by atoms with E-state index in [4.69, 9.17) is 0 Å². The van der Waals surface area contributed by atoms with Gasteiger partial charge in [0.05, 0.1) is 6.10 Å². The second kappa shape index (κ2) is 8.48. The van der Waals surface area contributed by atoms with Gasteiger partial charge >= 0.3 is 0 Å². The standard InChI is InChI=1S/C14H24N4O/c1-4-16-14(17-9-11(2)3)18-10-13(19)12-5-7-15-8-6-12/h5-8,11,13,19H,4,9-10H2,1-3H3,(H2,16,17,18). The van der Waals surface area contributed by atoms with E-state index in [0.29, 0.717) is 12.5 Å². The van der Waals surface area contributed by atoms with Crippen molar-refractivity contribution >= 4 is 5.96 Å². The number of aliphatic imine (C=N–C) groups is 1. The number of hydrogen-bond donors (Lipinski definition) is 3. The second-order valence-corrected chi connectivity index (χ2v) is 4.79. The van der Waals surface area contributed by atoms with Gasteiger partial charge in [-0.1, -0.05) is 13.8 Å². The molecule has 3 N–H and O–H groups in total. The van der Waals surface area contributed by atoms with Crippen LogP contribution in [0.3, 0.4) is 0 Å². The molecule has 1 unspecified atom stereocenters. The van der Waals surface area contributed by atoms with Crippen molar-refractivity contribution in [1.82, 2.24) is 15.6 Å². The average molecular weight is 264 g/mol. The molecule has 1 heterocycles. The first-order chi connectivity index (χ1) is 9.13. The Morgan fingerprint density at radius 3 is 2.58 bits per heavy atom. The number of guanidine groups is 1. The summed E-state index contributed by atoms with van der Waals surface area (Å²) in [6, 6.07) is 3.62. The summed E-state index contributed by atoms with van der Waals surface area (Å²) in [4.78, 5) is 8.38. The van der Waals surface area contributed by atoms with Crippen LogP contribution in [0.5, 0.6) is 0 Å². The molecule has 0 amide bonds. The van der Waals surface area contributed by atoms with Gasteiger partial charge in [0, 0.05) is 32.0 Å². The Morgan fingerprint density at radius 2 is 2.00 bits per heavy atom. The molecule has 5 nitrogen and oxygen atoms in total. The van der Waals surface area contributed by atoms with Gasteiger partial charge in [-0.3, -0.25) is 9.98 Å². The topological polar surface area (TPSA) is 69.5 Å². The van der Waals surface area contributed by atoms with E-state index in [9.17, 15) is 5.11 Å². The highest BCUT2D eigenvalue weighted by Crippen LogP contribution is 2.09. The Bertz CT molecular complexity index is 378. The van der Waals surface area contributed by atoms with Crippen molar-refractivity contribution in [3.05, 3.63) is 30.1 Å². The molecule has 1 atom stereocenters. The molecule has 0 aromatic carbocycles. The van der Waals surface area contributed by atoms with Gasteiger partial charge in [-0.2, -0.15) is 0 Å². The fourth-order valence-corrected chi connectivity index (χ4v) is 1.51. The Morgan fingerprint density at radius 1 is 1.32 bits per heavy atom. The lowest BCUT2D eigenvalue weighted by atomic mass is 10.1. The molecule has 0 aliphatic rings. The number of nitrogens with zero attached hydrogens (tertiary/aromatic N) is 2. The lowest BCUT2D eigenvalue weighted by molar-refractivity contribution is 0.180. The van der Waals surface area contributed by atoms with Gasteiger partial charge in [0.15, 0.2) is 5.96 Å². The fraction of sp³-hybridized carbons (Fsp3) is 0.571. The van der Waals surface area contributed by atoms with Gasteiger partial charge in [-0.05, 0) is 30.5 Å². The molecule has 1 aromatic heterocycles. The predicted octanol–water partition coefficient (Wildman–Crippen LogP) is 1.33. The first kappa shape index (κ1) is 15.4. The van der Waals surface area contributed by atoms with Gasteiger partial charge in [0.2, 0.25) is 0 Å². The van der Waals surface area contributed by atoms with Gasteiger partial charge in [-0.25, -0.2) is 0 Å². The van der Waals surface area contributed by atoms with Crippen LogP contribution >= 0.6 is 0 Å². The third-order valence-corrected chi connectivity index (χ3v) is 2.51. The summed E-state index contributed by atoms with van der Waals surface area (Å²) in [6.07, 6.45) is 2.79. The summed E-state index contributed by atoms with van der Waals surface area (Å²) in [5.74, 6) is 1.25.